The van der Waals surface area contributed by atoms with Gasteiger partial charge >= 0.3 is 0 Å². The third-order valence-electron chi connectivity index (χ3n) is 3.18. The third kappa shape index (κ3) is 3.85. The molecule has 0 radical (unpaired) electrons. The Morgan fingerprint density at radius 3 is 2.58 bits per heavy atom. The van der Waals surface area contributed by atoms with E-state index < -0.39 is 0 Å². The van der Waals surface area contributed by atoms with Crippen molar-refractivity contribution in [1.29, 1.82) is 0 Å². The highest BCUT2D eigenvalue weighted by Gasteiger charge is 2.05. The first kappa shape index (κ1) is 13.7. The van der Waals surface area contributed by atoms with Gasteiger partial charge in [-0.2, -0.15) is 0 Å². The van der Waals surface area contributed by atoms with Crippen LogP contribution in [0.5, 0.6) is 0 Å². The molecular formula is C16H23N3. The second-order valence-corrected chi connectivity index (χ2v) is 5.10. The van der Waals surface area contributed by atoms with Crippen LogP contribution >= 0.6 is 0 Å². The van der Waals surface area contributed by atoms with E-state index in [1.165, 1.54) is 24.0 Å². The molecule has 0 saturated carbocycles. The maximum Gasteiger partial charge on any atom is 0.203 e. The van der Waals surface area contributed by atoms with Crippen molar-refractivity contribution in [2.75, 3.05) is 11.9 Å². The number of aromatic nitrogens is 2. The van der Waals surface area contributed by atoms with Crippen molar-refractivity contribution in [2.24, 2.45) is 0 Å². The molecule has 0 unspecified atom stereocenters. The number of nitrogens with zero attached hydrogens (tertiary/aromatic N) is 2. The lowest BCUT2D eigenvalue weighted by Crippen LogP contribution is -2.09. The highest BCUT2D eigenvalue weighted by molar-refractivity contribution is 5.31. The fourth-order valence-electron chi connectivity index (χ4n) is 2.08. The Kier molecular flexibility index (Phi) is 4.61. The van der Waals surface area contributed by atoms with Gasteiger partial charge in [-0.3, -0.25) is 0 Å². The molecule has 3 nitrogen and oxygen atoms in total. The quantitative estimate of drug-likeness (QED) is 0.798. The Morgan fingerprint density at radius 1 is 1.16 bits per heavy atom. The molecule has 1 heterocycles. The van der Waals surface area contributed by atoms with Gasteiger partial charge in [0.1, 0.15) is 0 Å². The maximum atomic E-state index is 4.55. The number of nitrogens with one attached hydrogen (secondary N) is 1. The van der Waals surface area contributed by atoms with Gasteiger partial charge in [-0.1, -0.05) is 43.2 Å². The molecule has 0 bridgehead atoms. The van der Waals surface area contributed by atoms with Gasteiger partial charge in [-0.25, -0.2) is 4.98 Å². The van der Waals surface area contributed by atoms with Crippen molar-refractivity contribution in [3.63, 3.8) is 0 Å². The molecule has 0 saturated heterocycles. The third-order valence-corrected chi connectivity index (χ3v) is 3.18. The molecule has 0 spiro atoms. The first-order valence-corrected chi connectivity index (χ1v) is 7.02. The Hall–Kier alpha value is -1.77. The van der Waals surface area contributed by atoms with Crippen LogP contribution < -0.4 is 5.32 Å². The predicted octanol–water partition coefficient (Wildman–Crippen LogP) is 3.76. The first-order chi connectivity index (χ1) is 9.19. The van der Waals surface area contributed by atoms with Gasteiger partial charge in [0.05, 0.1) is 12.2 Å². The van der Waals surface area contributed by atoms with Crippen molar-refractivity contribution in [1.82, 2.24) is 9.55 Å². The van der Waals surface area contributed by atoms with Crippen molar-refractivity contribution >= 4 is 5.95 Å². The molecule has 1 aromatic carbocycles. The zero-order chi connectivity index (χ0) is 13.7. The summed E-state index contributed by atoms with van der Waals surface area (Å²) in [4.78, 5) is 4.55. The number of rotatable bonds is 6. The number of imidazole rings is 1. The topological polar surface area (TPSA) is 29.9 Å². The Bertz CT molecular complexity index is 511. The molecule has 0 aliphatic rings. The average molecular weight is 257 g/mol. The monoisotopic (exact) mass is 257 g/mol. The summed E-state index contributed by atoms with van der Waals surface area (Å²) in [6.07, 6.45) is 4.48. The zero-order valence-corrected chi connectivity index (χ0v) is 12.1. The largest absolute Gasteiger partial charge is 0.356 e. The van der Waals surface area contributed by atoms with Gasteiger partial charge < -0.3 is 9.88 Å². The van der Waals surface area contributed by atoms with E-state index in [-0.39, 0.29) is 0 Å². The van der Waals surface area contributed by atoms with E-state index in [9.17, 15) is 0 Å². The second kappa shape index (κ2) is 6.41. The van der Waals surface area contributed by atoms with E-state index in [0.717, 1.165) is 24.7 Å². The molecule has 102 valence electrons. The van der Waals surface area contributed by atoms with E-state index in [1.807, 2.05) is 6.92 Å². The molecule has 2 aromatic rings. The standard InChI is InChI=1S/C16H23N3/c1-4-5-10-17-16-18-14(3)11-19(16)12-15-8-6-13(2)7-9-15/h6-9,11H,4-5,10,12H2,1-3H3,(H,17,18). The predicted molar refractivity (Wildman–Crippen MR) is 80.6 cm³/mol. The minimum Gasteiger partial charge on any atom is -0.356 e. The van der Waals surface area contributed by atoms with Crippen LogP contribution in [0.1, 0.15) is 36.6 Å². The number of unbranched alkanes of at least 4 members (excludes halogenated alkanes) is 1. The summed E-state index contributed by atoms with van der Waals surface area (Å²) in [6.45, 7) is 8.21. The summed E-state index contributed by atoms with van der Waals surface area (Å²) >= 11 is 0. The molecule has 1 N–H and O–H groups in total. The lowest BCUT2D eigenvalue weighted by Gasteiger charge is -2.09. The second-order valence-electron chi connectivity index (χ2n) is 5.10. The van der Waals surface area contributed by atoms with Crippen LogP contribution in [0.4, 0.5) is 5.95 Å². The summed E-state index contributed by atoms with van der Waals surface area (Å²) in [6, 6.07) is 8.67. The van der Waals surface area contributed by atoms with Crippen molar-refractivity contribution < 1.29 is 0 Å². The Labute approximate surface area is 115 Å². The van der Waals surface area contributed by atoms with Crippen LogP contribution in [0.2, 0.25) is 0 Å². The lowest BCUT2D eigenvalue weighted by molar-refractivity contribution is 0.775. The average Bonchev–Trinajstić information content (AvgIpc) is 2.73. The summed E-state index contributed by atoms with van der Waals surface area (Å²) in [7, 11) is 0. The molecular weight excluding hydrogens is 234 g/mol. The van der Waals surface area contributed by atoms with E-state index in [1.54, 1.807) is 0 Å². The number of aryl methyl sites for hydroxylation is 2. The molecule has 0 amide bonds. The van der Waals surface area contributed by atoms with Crippen LogP contribution in [0.15, 0.2) is 30.5 Å². The number of hydrogen-bond acceptors (Lipinski definition) is 2. The van der Waals surface area contributed by atoms with Crippen LogP contribution in [0.3, 0.4) is 0 Å². The highest BCUT2D eigenvalue weighted by atomic mass is 15.2. The summed E-state index contributed by atoms with van der Waals surface area (Å²) in [5, 5.41) is 3.42. The van der Waals surface area contributed by atoms with Gasteiger partial charge in [0.2, 0.25) is 5.95 Å². The van der Waals surface area contributed by atoms with Gasteiger partial charge in [-0.15, -0.1) is 0 Å². The first-order valence-electron chi connectivity index (χ1n) is 7.02. The van der Waals surface area contributed by atoms with Crippen molar-refractivity contribution in [3.8, 4) is 0 Å². The zero-order valence-electron chi connectivity index (χ0n) is 12.1. The van der Waals surface area contributed by atoms with E-state index in [2.05, 4.69) is 59.2 Å². The maximum absolute atomic E-state index is 4.55. The molecule has 3 heteroatoms. The van der Waals surface area contributed by atoms with Crippen LogP contribution in [-0.4, -0.2) is 16.1 Å². The van der Waals surface area contributed by atoms with Crippen LogP contribution in [0, 0.1) is 13.8 Å². The van der Waals surface area contributed by atoms with Gasteiger partial charge in [-0.05, 0) is 25.8 Å². The molecule has 0 fully saturated rings. The minimum atomic E-state index is 0.871. The van der Waals surface area contributed by atoms with Gasteiger partial charge in [0.15, 0.2) is 0 Å². The summed E-state index contributed by atoms with van der Waals surface area (Å²) in [5.74, 6) is 0.978. The molecule has 0 atom stereocenters. The fourth-order valence-corrected chi connectivity index (χ4v) is 2.08. The number of hydrogen-bond donors (Lipinski definition) is 1. The van der Waals surface area contributed by atoms with Gasteiger partial charge in [0.25, 0.3) is 0 Å². The highest BCUT2D eigenvalue weighted by Crippen LogP contribution is 2.13. The van der Waals surface area contributed by atoms with Gasteiger partial charge in [0, 0.05) is 12.7 Å². The molecule has 19 heavy (non-hydrogen) atoms. The molecule has 2 rings (SSSR count). The Morgan fingerprint density at radius 2 is 1.89 bits per heavy atom. The SMILES string of the molecule is CCCCNc1nc(C)cn1Cc1ccc(C)cc1. The smallest absolute Gasteiger partial charge is 0.203 e. The minimum absolute atomic E-state index is 0.871. The number of anilines is 1. The normalized spacial score (nSPS) is 10.7. The van der Waals surface area contributed by atoms with Crippen LogP contribution in [-0.2, 0) is 6.54 Å². The van der Waals surface area contributed by atoms with E-state index >= 15 is 0 Å². The molecule has 0 aliphatic carbocycles. The van der Waals surface area contributed by atoms with E-state index in [4.69, 9.17) is 0 Å². The van der Waals surface area contributed by atoms with Crippen molar-refractivity contribution in [3.05, 3.63) is 47.3 Å². The summed E-state index contributed by atoms with van der Waals surface area (Å²) < 4.78 is 2.19. The number of benzene rings is 1. The Balaban J connectivity index is 2.08. The molecule has 1 aromatic heterocycles. The van der Waals surface area contributed by atoms with Crippen LogP contribution in [0.25, 0.3) is 0 Å². The fraction of sp³-hybridized carbons (Fsp3) is 0.438. The molecule has 0 aliphatic heterocycles. The lowest BCUT2D eigenvalue weighted by atomic mass is 10.1. The van der Waals surface area contributed by atoms with E-state index in [0.29, 0.717) is 0 Å². The summed E-state index contributed by atoms with van der Waals surface area (Å²) in [5.41, 5.74) is 3.67. The van der Waals surface area contributed by atoms with Crippen molar-refractivity contribution in [2.45, 2.75) is 40.2 Å².